The Kier molecular flexibility index (Phi) is 5.67. The Balaban J connectivity index is 1.69. The van der Waals surface area contributed by atoms with E-state index in [9.17, 15) is 4.79 Å². The quantitative estimate of drug-likeness (QED) is 0.804. The molecule has 9 heteroatoms. The van der Waals surface area contributed by atoms with E-state index in [1.54, 1.807) is 23.4 Å². The van der Waals surface area contributed by atoms with E-state index in [2.05, 4.69) is 25.2 Å². The van der Waals surface area contributed by atoms with Gasteiger partial charge in [-0.05, 0) is 27.8 Å². The molecular formula is C18H25ClN6O2. The second-order valence-corrected chi connectivity index (χ2v) is 8.05. The maximum absolute atomic E-state index is 12.4. The SMILES string of the molecule is CN1CCN(C(=O)OC(C)(C)C)C[C@H]1CNc1nc(Cl)cc2nccnc12. The summed E-state index contributed by atoms with van der Waals surface area (Å²) in [5, 5.41) is 3.68. The van der Waals surface area contributed by atoms with Crippen molar-refractivity contribution in [2.75, 3.05) is 38.5 Å². The molecule has 27 heavy (non-hydrogen) atoms. The van der Waals surface area contributed by atoms with Crippen LogP contribution in [0.5, 0.6) is 0 Å². The van der Waals surface area contributed by atoms with E-state index in [4.69, 9.17) is 16.3 Å². The molecule has 146 valence electrons. The fraction of sp³-hybridized carbons (Fsp3) is 0.556. The first-order valence-corrected chi connectivity index (χ1v) is 9.30. The van der Waals surface area contributed by atoms with Crippen LogP contribution in [-0.2, 0) is 4.74 Å². The topological polar surface area (TPSA) is 83.5 Å². The summed E-state index contributed by atoms with van der Waals surface area (Å²) in [4.78, 5) is 29.3. The predicted octanol–water partition coefficient (Wildman–Crippen LogP) is 2.64. The van der Waals surface area contributed by atoms with E-state index in [0.29, 0.717) is 41.6 Å². The van der Waals surface area contributed by atoms with Crippen molar-refractivity contribution in [1.82, 2.24) is 24.8 Å². The van der Waals surface area contributed by atoms with E-state index in [1.807, 2.05) is 27.8 Å². The van der Waals surface area contributed by atoms with E-state index < -0.39 is 5.60 Å². The van der Waals surface area contributed by atoms with Crippen LogP contribution in [-0.4, -0.2) is 75.7 Å². The molecule has 1 N–H and O–H groups in total. The Labute approximate surface area is 163 Å². The van der Waals surface area contributed by atoms with Crippen molar-refractivity contribution in [2.24, 2.45) is 0 Å². The molecule has 2 aromatic heterocycles. The molecule has 0 unspecified atom stereocenters. The number of nitrogens with zero attached hydrogens (tertiary/aromatic N) is 5. The smallest absolute Gasteiger partial charge is 0.410 e. The average Bonchev–Trinajstić information content (AvgIpc) is 2.59. The standard InChI is InChI=1S/C18H25ClN6O2/c1-18(2,3)27-17(26)25-8-7-24(4)12(11-25)10-22-16-15-13(9-14(19)23-16)20-5-6-21-15/h5-6,9,12H,7-8,10-11H2,1-4H3,(H,22,23)/t12-/m1/s1. The highest BCUT2D eigenvalue weighted by atomic mass is 35.5. The molecular weight excluding hydrogens is 368 g/mol. The minimum absolute atomic E-state index is 0.110. The highest BCUT2D eigenvalue weighted by Crippen LogP contribution is 2.21. The third kappa shape index (κ3) is 4.95. The minimum atomic E-state index is -0.504. The van der Waals surface area contributed by atoms with E-state index in [0.717, 1.165) is 6.54 Å². The summed E-state index contributed by atoms with van der Waals surface area (Å²) in [6, 6.07) is 1.80. The molecule has 3 rings (SSSR count). The number of ether oxygens (including phenoxy) is 1. The van der Waals surface area contributed by atoms with Gasteiger partial charge in [-0.1, -0.05) is 11.6 Å². The first-order chi connectivity index (χ1) is 12.7. The normalized spacial score (nSPS) is 18.6. The van der Waals surface area contributed by atoms with E-state index in [-0.39, 0.29) is 12.1 Å². The van der Waals surface area contributed by atoms with Crippen LogP contribution in [0, 0.1) is 0 Å². The molecule has 0 spiro atoms. The van der Waals surface area contributed by atoms with Crippen molar-refractivity contribution in [3.8, 4) is 0 Å². The molecule has 1 aliphatic heterocycles. The number of halogens is 1. The number of carbonyl (C=O) groups is 1. The molecule has 0 aliphatic carbocycles. The molecule has 1 aliphatic rings. The number of hydrogen-bond donors (Lipinski definition) is 1. The summed E-state index contributed by atoms with van der Waals surface area (Å²) in [5.41, 5.74) is 0.855. The fourth-order valence-electron chi connectivity index (χ4n) is 2.94. The van der Waals surface area contributed by atoms with Crippen molar-refractivity contribution < 1.29 is 9.53 Å². The number of likely N-dealkylation sites (N-methyl/N-ethyl adjacent to an activating group) is 1. The highest BCUT2D eigenvalue weighted by Gasteiger charge is 2.30. The second-order valence-electron chi connectivity index (χ2n) is 7.66. The van der Waals surface area contributed by atoms with Crippen LogP contribution in [0.4, 0.5) is 10.6 Å². The Morgan fingerprint density at radius 2 is 2.07 bits per heavy atom. The summed E-state index contributed by atoms with van der Waals surface area (Å²) in [6.45, 7) is 8.20. The van der Waals surface area contributed by atoms with E-state index >= 15 is 0 Å². The zero-order valence-electron chi connectivity index (χ0n) is 16.1. The molecule has 1 saturated heterocycles. The van der Waals surface area contributed by atoms with Gasteiger partial charge in [0.1, 0.15) is 16.3 Å². The maximum atomic E-state index is 12.4. The van der Waals surface area contributed by atoms with Crippen LogP contribution in [0.2, 0.25) is 5.15 Å². The first-order valence-electron chi connectivity index (χ1n) is 8.92. The highest BCUT2D eigenvalue weighted by molar-refractivity contribution is 6.30. The van der Waals surface area contributed by atoms with Gasteiger partial charge < -0.3 is 15.0 Å². The predicted molar refractivity (Wildman–Crippen MR) is 105 cm³/mol. The van der Waals surface area contributed by atoms with Crippen molar-refractivity contribution >= 4 is 34.5 Å². The van der Waals surface area contributed by atoms with Gasteiger partial charge in [0.2, 0.25) is 0 Å². The van der Waals surface area contributed by atoms with Gasteiger partial charge in [0.05, 0.1) is 5.52 Å². The molecule has 0 radical (unpaired) electrons. The molecule has 8 nitrogen and oxygen atoms in total. The molecule has 0 aromatic carbocycles. The van der Waals surface area contributed by atoms with Crippen molar-refractivity contribution in [3.63, 3.8) is 0 Å². The zero-order valence-corrected chi connectivity index (χ0v) is 16.8. The molecule has 1 atom stereocenters. The number of piperazine rings is 1. The number of aromatic nitrogens is 3. The largest absolute Gasteiger partial charge is 0.444 e. The number of hydrogen-bond acceptors (Lipinski definition) is 7. The Bertz CT molecular complexity index is 825. The first kappa shape index (κ1) is 19.6. The number of pyridine rings is 1. The number of fused-ring (bicyclic) bond motifs is 1. The fourth-order valence-corrected chi connectivity index (χ4v) is 3.13. The van der Waals surface area contributed by atoms with Gasteiger partial charge in [-0.25, -0.2) is 14.8 Å². The van der Waals surface area contributed by atoms with Gasteiger partial charge in [0, 0.05) is 50.7 Å². The van der Waals surface area contributed by atoms with Crippen LogP contribution in [0.3, 0.4) is 0 Å². The maximum Gasteiger partial charge on any atom is 0.410 e. The zero-order chi connectivity index (χ0) is 19.6. The summed E-state index contributed by atoms with van der Waals surface area (Å²) < 4.78 is 5.50. The molecule has 0 saturated carbocycles. The van der Waals surface area contributed by atoms with Crippen LogP contribution < -0.4 is 5.32 Å². The van der Waals surface area contributed by atoms with Crippen LogP contribution in [0.25, 0.3) is 11.0 Å². The molecule has 1 fully saturated rings. The summed E-state index contributed by atoms with van der Waals surface area (Å²) in [7, 11) is 2.04. The second kappa shape index (κ2) is 7.82. The average molecular weight is 393 g/mol. The third-order valence-corrected chi connectivity index (χ3v) is 4.55. The molecule has 1 amide bonds. The minimum Gasteiger partial charge on any atom is -0.444 e. The Morgan fingerprint density at radius 1 is 1.33 bits per heavy atom. The number of rotatable bonds is 3. The lowest BCUT2D eigenvalue weighted by atomic mass is 10.1. The number of anilines is 1. The Hall–Kier alpha value is -2.19. The van der Waals surface area contributed by atoms with Crippen molar-refractivity contribution in [2.45, 2.75) is 32.4 Å². The van der Waals surface area contributed by atoms with Gasteiger partial charge in [0.15, 0.2) is 5.82 Å². The monoisotopic (exact) mass is 392 g/mol. The molecule has 0 bridgehead atoms. The van der Waals surface area contributed by atoms with Crippen molar-refractivity contribution in [3.05, 3.63) is 23.6 Å². The molecule has 3 heterocycles. The number of carbonyl (C=O) groups excluding carboxylic acids is 1. The third-order valence-electron chi connectivity index (χ3n) is 4.36. The number of nitrogens with one attached hydrogen (secondary N) is 1. The lowest BCUT2D eigenvalue weighted by molar-refractivity contribution is 0.00883. The van der Waals surface area contributed by atoms with Crippen LogP contribution >= 0.6 is 11.6 Å². The van der Waals surface area contributed by atoms with Crippen molar-refractivity contribution in [1.29, 1.82) is 0 Å². The Morgan fingerprint density at radius 3 is 2.81 bits per heavy atom. The van der Waals surface area contributed by atoms with Crippen LogP contribution in [0.1, 0.15) is 20.8 Å². The molecule has 2 aromatic rings. The number of amides is 1. The van der Waals surface area contributed by atoms with Crippen LogP contribution in [0.15, 0.2) is 18.5 Å². The summed E-state index contributed by atoms with van der Waals surface area (Å²) in [5.74, 6) is 0.591. The lowest BCUT2D eigenvalue weighted by Crippen LogP contribution is -2.56. The van der Waals surface area contributed by atoms with Gasteiger partial charge in [-0.2, -0.15) is 0 Å². The van der Waals surface area contributed by atoms with Gasteiger partial charge in [-0.3, -0.25) is 9.88 Å². The summed E-state index contributed by atoms with van der Waals surface area (Å²) in [6.07, 6.45) is 2.97. The van der Waals surface area contributed by atoms with Gasteiger partial charge in [0.25, 0.3) is 0 Å². The van der Waals surface area contributed by atoms with E-state index in [1.165, 1.54) is 0 Å². The van der Waals surface area contributed by atoms with Gasteiger partial charge in [-0.15, -0.1) is 0 Å². The van der Waals surface area contributed by atoms with Gasteiger partial charge >= 0.3 is 6.09 Å². The summed E-state index contributed by atoms with van der Waals surface area (Å²) >= 11 is 6.10. The lowest BCUT2D eigenvalue weighted by Gasteiger charge is -2.39.